The summed E-state index contributed by atoms with van der Waals surface area (Å²) >= 11 is 3.51. The van der Waals surface area contributed by atoms with Crippen molar-refractivity contribution in [3.63, 3.8) is 0 Å². The predicted molar refractivity (Wildman–Crippen MR) is 86.6 cm³/mol. The molecule has 0 aliphatic heterocycles. The fourth-order valence-corrected chi connectivity index (χ4v) is 2.50. The van der Waals surface area contributed by atoms with Gasteiger partial charge in [0.1, 0.15) is 0 Å². The van der Waals surface area contributed by atoms with Crippen molar-refractivity contribution in [2.75, 3.05) is 7.11 Å². The van der Waals surface area contributed by atoms with E-state index in [1.54, 1.807) is 7.11 Å². The lowest BCUT2D eigenvalue weighted by atomic mass is 10.1. The van der Waals surface area contributed by atoms with Crippen molar-refractivity contribution in [3.8, 4) is 0 Å². The van der Waals surface area contributed by atoms with Gasteiger partial charge in [0.25, 0.3) is 0 Å². The van der Waals surface area contributed by atoms with Crippen LogP contribution in [0.3, 0.4) is 0 Å². The Morgan fingerprint density at radius 1 is 1.10 bits per heavy atom. The van der Waals surface area contributed by atoms with E-state index < -0.39 is 0 Å². The highest BCUT2D eigenvalue weighted by molar-refractivity contribution is 9.10. The van der Waals surface area contributed by atoms with Gasteiger partial charge >= 0.3 is 0 Å². The van der Waals surface area contributed by atoms with Crippen LogP contribution < -0.4 is 5.32 Å². The standard InChI is InChI=1S/C17H20BrNO/c1-13(16-4-3-5-17(18)10-16)19-11-14-6-8-15(9-7-14)12-20-2/h3-10,13,19H,11-12H2,1-2H3. The summed E-state index contributed by atoms with van der Waals surface area (Å²) in [7, 11) is 1.72. The Kier molecular flexibility index (Phi) is 5.77. The highest BCUT2D eigenvalue weighted by atomic mass is 79.9. The van der Waals surface area contributed by atoms with Crippen LogP contribution in [-0.4, -0.2) is 7.11 Å². The molecule has 0 fully saturated rings. The first-order chi connectivity index (χ1) is 9.69. The van der Waals surface area contributed by atoms with Gasteiger partial charge in [-0.3, -0.25) is 0 Å². The molecule has 0 spiro atoms. The van der Waals surface area contributed by atoms with E-state index in [9.17, 15) is 0 Å². The second-order valence-electron chi connectivity index (χ2n) is 4.91. The molecule has 2 nitrogen and oxygen atoms in total. The summed E-state index contributed by atoms with van der Waals surface area (Å²) < 4.78 is 6.23. The number of rotatable bonds is 6. The molecule has 0 aromatic heterocycles. The van der Waals surface area contributed by atoms with E-state index in [4.69, 9.17) is 4.74 Å². The molecule has 0 heterocycles. The van der Waals surface area contributed by atoms with Gasteiger partial charge in [-0.2, -0.15) is 0 Å². The normalized spacial score (nSPS) is 12.3. The molecule has 0 aliphatic carbocycles. The van der Waals surface area contributed by atoms with E-state index in [1.807, 2.05) is 6.07 Å². The zero-order valence-electron chi connectivity index (χ0n) is 11.9. The monoisotopic (exact) mass is 333 g/mol. The van der Waals surface area contributed by atoms with Crippen LogP contribution in [0.15, 0.2) is 53.0 Å². The van der Waals surface area contributed by atoms with Crippen molar-refractivity contribution in [3.05, 3.63) is 69.7 Å². The summed E-state index contributed by atoms with van der Waals surface area (Å²) in [5.74, 6) is 0. The first kappa shape index (κ1) is 15.2. The van der Waals surface area contributed by atoms with Crippen LogP contribution in [-0.2, 0) is 17.9 Å². The molecule has 0 radical (unpaired) electrons. The summed E-state index contributed by atoms with van der Waals surface area (Å²) in [5.41, 5.74) is 3.78. The Morgan fingerprint density at radius 2 is 1.80 bits per heavy atom. The van der Waals surface area contributed by atoms with Gasteiger partial charge in [-0.1, -0.05) is 52.3 Å². The quantitative estimate of drug-likeness (QED) is 0.843. The van der Waals surface area contributed by atoms with Crippen molar-refractivity contribution >= 4 is 15.9 Å². The summed E-state index contributed by atoms with van der Waals surface area (Å²) in [6.07, 6.45) is 0. The lowest BCUT2D eigenvalue weighted by Gasteiger charge is -2.15. The highest BCUT2D eigenvalue weighted by Gasteiger charge is 2.05. The topological polar surface area (TPSA) is 21.3 Å². The van der Waals surface area contributed by atoms with Gasteiger partial charge in [0.05, 0.1) is 6.61 Å². The van der Waals surface area contributed by atoms with Gasteiger partial charge in [0.15, 0.2) is 0 Å². The van der Waals surface area contributed by atoms with Crippen LogP contribution in [0.1, 0.15) is 29.7 Å². The SMILES string of the molecule is COCc1ccc(CNC(C)c2cccc(Br)c2)cc1. The number of nitrogens with one attached hydrogen (secondary N) is 1. The van der Waals surface area contributed by atoms with Crippen molar-refractivity contribution < 1.29 is 4.74 Å². The zero-order chi connectivity index (χ0) is 14.4. The van der Waals surface area contributed by atoms with E-state index in [0.29, 0.717) is 12.6 Å². The minimum Gasteiger partial charge on any atom is -0.380 e. The summed E-state index contributed by atoms with van der Waals surface area (Å²) in [5, 5.41) is 3.54. The smallest absolute Gasteiger partial charge is 0.0713 e. The molecule has 2 aromatic carbocycles. The number of halogens is 1. The third-order valence-corrected chi connectivity index (χ3v) is 3.79. The van der Waals surface area contributed by atoms with Crippen molar-refractivity contribution in [2.24, 2.45) is 0 Å². The van der Waals surface area contributed by atoms with E-state index in [-0.39, 0.29) is 0 Å². The van der Waals surface area contributed by atoms with E-state index >= 15 is 0 Å². The lowest BCUT2D eigenvalue weighted by molar-refractivity contribution is 0.185. The van der Waals surface area contributed by atoms with Crippen LogP contribution in [0.4, 0.5) is 0 Å². The second kappa shape index (κ2) is 7.58. The third kappa shape index (κ3) is 4.44. The highest BCUT2D eigenvalue weighted by Crippen LogP contribution is 2.18. The van der Waals surface area contributed by atoms with Crippen LogP contribution in [0.25, 0.3) is 0 Å². The first-order valence-electron chi connectivity index (χ1n) is 6.74. The van der Waals surface area contributed by atoms with Crippen LogP contribution >= 0.6 is 15.9 Å². The summed E-state index contributed by atoms with van der Waals surface area (Å²) in [6, 6.07) is 17.3. The van der Waals surface area contributed by atoms with Crippen LogP contribution in [0, 0.1) is 0 Å². The van der Waals surface area contributed by atoms with Crippen molar-refractivity contribution in [1.29, 1.82) is 0 Å². The Hall–Kier alpha value is -1.16. The van der Waals surface area contributed by atoms with Gasteiger partial charge in [0, 0.05) is 24.2 Å². The third-order valence-electron chi connectivity index (χ3n) is 3.30. The van der Waals surface area contributed by atoms with E-state index in [2.05, 4.69) is 70.6 Å². The van der Waals surface area contributed by atoms with Crippen molar-refractivity contribution in [1.82, 2.24) is 5.32 Å². The number of hydrogen-bond donors (Lipinski definition) is 1. The molecule has 20 heavy (non-hydrogen) atoms. The van der Waals surface area contributed by atoms with Gasteiger partial charge in [-0.25, -0.2) is 0 Å². The molecular formula is C17H20BrNO. The lowest BCUT2D eigenvalue weighted by Crippen LogP contribution is -2.18. The average Bonchev–Trinajstić information content (AvgIpc) is 2.46. The maximum atomic E-state index is 5.11. The number of benzene rings is 2. The Bertz CT molecular complexity index is 539. The minimum absolute atomic E-state index is 0.325. The second-order valence-corrected chi connectivity index (χ2v) is 5.82. The number of methoxy groups -OCH3 is 1. The zero-order valence-corrected chi connectivity index (χ0v) is 13.5. The van der Waals surface area contributed by atoms with Gasteiger partial charge in [-0.15, -0.1) is 0 Å². The fourth-order valence-electron chi connectivity index (χ4n) is 2.08. The molecule has 0 aliphatic rings. The van der Waals surface area contributed by atoms with Crippen LogP contribution in [0.5, 0.6) is 0 Å². The molecule has 3 heteroatoms. The Labute approximate surface area is 129 Å². The maximum Gasteiger partial charge on any atom is 0.0713 e. The van der Waals surface area contributed by atoms with Crippen molar-refractivity contribution in [2.45, 2.75) is 26.1 Å². The fraction of sp³-hybridized carbons (Fsp3) is 0.294. The minimum atomic E-state index is 0.325. The van der Waals surface area contributed by atoms with E-state index in [0.717, 1.165) is 11.0 Å². The van der Waals surface area contributed by atoms with E-state index in [1.165, 1.54) is 16.7 Å². The molecule has 1 unspecified atom stereocenters. The number of ether oxygens (including phenoxy) is 1. The molecule has 2 rings (SSSR count). The van der Waals surface area contributed by atoms with Gasteiger partial charge in [-0.05, 0) is 35.7 Å². The van der Waals surface area contributed by atoms with Crippen LogP contribution in [0.2, 0.25) is 0 Å². The maximum absolute atomic E-state index is 5.11. The Balaban J connectivity index is 1.91. The average molecular weight is 334 g/mol. The molecule has 0 saturated carbocycles. The Morgan fingerprint density at radius 3 is 2.45 bits per heavy atom. The summed E-state index contributed by atoms with van der Waals surface area (Å²) in [4.78, 5) is 0. The molecule has 106 valence electrons. The van der Waals surface area contributed by atoms with Gasteiger partial charge in [0.2, 0.25) is 0 Å². The largest absolute Gasteiger partial charge is 0.380 e. The molecule has 0 bridgehead atoms. The molecule has 1 N–H and O–H groups in total. The molecular weight excluding hydrogens is 314 g/mol. The number of hydrogen-bond acceptors (Lipinski definition) is 2. The molecule has 0 saturated heterocycles. The van der Waals surface area contributed by atoms with Gasteiger partial charge < -0.3 is 10.1 Å². The molecule has 1 atom stereocenters. The molecule has 0 amide bonds. The summed E-state index contributed by atoms with van der Waals surface area (Å²) in [6.45, 7) is 3.71. The molecule has 2 aromatic rings. The predicted octanol–water partition coefficient (Wildman–Crippen LogP) is 4.45. The first-order valence-corrected chi connectivity index (χ1v) is 7.54.